The Morgan fingerprint density at radius 3 is 2.52 bits per heavy atom. The number of pyridine rings is 1. The van der Waals surface area contributed by atoms with E-state index in [9.17, 15) is 18.0 Å². The molecule has 2 N–H and O–H groups in total. The number of carbonyl (C=O) groups is 1. The van der Waals surface area contributed by atoms with Gasteiger partial charge in [0.1, 0.15) is 5.56 Å². The number of ether oxygens (including phenoxy) is 1. The van der Waals surface area contributed by atoms with Crippen molar-refractivity contribution in [1.82, 2.24) is 10.3 Å². The van der Waals surface area contributed by atoms with Crippen LogP contribution in [0.2, 0.25) is 0 Å². The number of sulfonamides is 1. The van der Waals surface area contributed by atoms with Gasteiger partial charge in [-0.1, -0.05) is 18.2 Å². The van der Waals surface area contributed by atoms with Crippen LogP contribution in [0, 0.1) is 13.8 Å². The van der Waals surface area contributed by atoms with E-state index in [2.05, 4.69) is 10.3 Å². The SMILES string of the molecule is CCOCCCNC(=O)c1c[nH]c2ccc(S(=O)(=O)N(C)c3c(C)cccc3C)cc2c1=O. The third-order valence-electron chi connectivity index (χ3n) is 5.46. The third-order valence-corrected chi connectivity index (χ3v) is 7.22. The van der Waals surface area contributed by atoms with E-state index in [4.69, 9.17) is 4.74 Å². The van der Waals surface area contributed by atoms with E-state index in [1.54, 1.807) is 0 Å². The van der Waals surface area contributed by atoms with Gasteiger partial charge in [0.05, 0.1) is 10.6 Å². The van der Waals surface area contributed by atoms with Crippen LogP contribution in [-0.4, -0.2) is 46.1 Å². The average molecular weight is 472 g/mol. The summed E-state index contributed by atoms with van der Waals surface area (Å²) in [5.74, 6) is -0.518. The van der Waals surface area contributed by atoms with Crippen LogP contribution in [0.4, 0.5) is 5.69 Å². The van der Waals surface area contributed by atoms with Gasteiger partial charge in [-0.3, -0.25) is 13.9 Å². The number of aromatic amines is 1. The average Bonchev–Trinajstić information content (AvgIpc) is 2.78. The van der Waals surface area contributed by atoms with Crippen molar-refractivity contribution in [3.05, 3.63) is 69.5 Å². The first kappa shape index (κ1) is 24.5. The number of hydrogen-bond donors (Lipinski definition) is 2. The van der Waals surface area contributed by atoms with Gasteiger partial charge in [0.15, 0.2) is 0 Å². The molecule has 8 nitrogen and oxygen atoms in total. The van der Waals surface area contributed by atoms with Crippen LogP contribution >= 0.6 is 0 Å². The number of rotatable bonds is 9. The predicted molar refractivity (Wildman–Crippen MR) is 130 cm³/mol. The highest BCUT2D eigenvalue weighted by atomic mass is 32.2. The summed E-state index contributed by atoms with van der Waals surface area (Å²) in [6.45, 7) is 7.06. The molecule has 1 amide bonds. The molecule has 0 fully saturated rings. The third kappa shape index (κ3) is 5.09. The number of aryl methyl sites for hydroxylation is 2. The number of para-hydroxylation sites is 1. The second kappa shape index (κ2) is 10.2. The lowest BCUT2D eigenvalue weighted by atomic mass is 10.1. The minimum atomic E-state index is -3.94. The van der Waals surface area contributed by atoms with Gasteiger partial charge in [-0.2, -0.15) is 0 Å². The van der Waals surface area contributed by atoms with Gasteiger partial charge >= 0.3 is 0 Å². The number of aromatic nitrogens is 1. The second-order valence-electron chi connectivity index (χ2n) is 7.76. The summed E-state index contributed by atoms with van der Waals surface area (Å²) in [7, 11) is -2.44. The highest BCUT2D eigenvalue weighted by molar-refractivity contribution is 7.92. The van der Waals surface area contributed by atoms with E-state index in [0.717, 1.165) is 11.1 Å². The molecule has 0 aliphatic carbocycles. The lowest BCUT2D eigenvalue weighted by Gasteiger charge is -2.23. The van der Waals surface area contributed by atoms with Crippen molar-refractivity contribution >= 4 is 32.5 Å². The maximum Gasteiger partial charge on any atom is 0.264 e. The second-order valence-corrected chi connectivity index (χ2v) is 9.73. The van der Waals surface area contributed by atoms with Crippen LogP contribution in [0.25, 0.3) is 10.9 Å². The topological polar surface area (TPSA) is 109 Å². The molecule has 2 aromatic carbocycles. The number of hydrogen-bond acceptors (Lipinski definition) is 5. The van der Waals surface area contributed by atoms with Crippen LogP contribution in [0.1, 0.15) is 34.8 Å². The van der Waals surface area contributed by atoms with E-state index >= 15 is 0 Å². The summed E-state index contributed by atoms with van der Waals surface area (Å²) in [6.07, 6.45) is 1.97. The first-order chi connectivity index (χ1) is 15.7. The molecule has 9 heteroatoms. The Morgan fingerprint density at radius 2 is 1.85 bits per heavy atom. The molecule has 0 radical (unpaired) electrons. The molecule has 1 heterocycles. The van der Waals surface area contributed by atoms with Crippen molar-refractivity contribution in [2.75, 3.05) is 31.1 Å². The van der Waals surface area contributed by atoms with Gasteiger partial charge in [-0.05, 0) is 56.5 Å². The summed E-state index contributed by atoms with van der Waals surface area (Å²) < 4.78 is 33.2. The van der Waals surface area contributed by atoms with Gasteiger partial charge in [0, 0.05) is 43.9 Å². The van der Waals surface area contributed by atoms with Crippen molar-refractivity contribution in [1.29, 1.82) is 0 Å². The lowest BCUT2D eigenvalue weighted by molar-refractivity contribution is 0.0943. The van der Waals surface area contributed by atoms with Crippen LogP contribution in [-0.2, 0) is 14.8 Å². The number of H-pyrrole nitrogens is 1. The Kier molecular flexibility index (Phi) is 7.55. The fraction of sp³-hybridized carbons (Fsp3) is 0.333. The minimum absolute atomic E-state index is 0.0278. The zero-order chi connectivity index (χ0) is 24.2. The normalized spacial score (nSPS) is 11.5. The standard InChI is InChI=1S/C24H29N3O5S/c1-5-32-13-7-12-25-24(29)20-15-26-21-11-10-18(14-19(21)23(20)28)33(30,31)27(4)22-16(2)8-6-9-17(22)3/h6,8-11,14-15H,5,7,12-13H2,1-4H3,(H,25,29)(H,26,28). The molecule has 3 aromatic rings. The van der Waals surface area contributed by atoms with Gasteiger partial charge in [0.25, 0.3) is 15.9 Å². The molecule has 0 spiro atoms. The number of benzene rings is 2. The van der Waals surface area contributed by atoms with Gasteiger partial charge < -0.3 is 15.0 Å². The molecular weight excluding hydrogens is 442 g/mol. The molecule has 0 bridgehead atoms. The van der Waals surface area contributed by atoms with Crippen LogP contribution in [0.5, 0.6) is 0 Å². The van der Waals surface area contributed by atoms with Crippen molar-refractivity contribution < 1.29 is 17.9 Å². The Labute approximate surface area is 193 Å². The van der Waals surface area contributed by atoms with E-state index in [-0.39, 0.29) is 15.8 Å². The summed E-state index contributed by atoms with van der Waals surface area (Å²) in [5.41, 5.74) is 2.08. The molecule has 0 aliphatic rings. The number of amides is 1. The lowest BCUT2D eigenvalue weighted by Crippen LogP contribution is -2.30. The summed E-state index contributed by atoms with van der Waals surface area (Å²) >= 11 is 0. The minimum Gasteiger partial charge on any atom is -0.382 e. The first-order valence-electron chi connectivity index (χ1n) is 10.7. The monoisotopic (exact) mass is 471 g/mol. The molecule has 3 rings (SSSR count). The van der Waals surface area contributed by atoms with Crippen LogP contribution in [0.15, 0.2) is 52.3 Å². The Morgan fingerprint density at radius 1 is 1.15 bits per heavy atom. The summed E-state index contributed by atoms with van der Waals surface area (Å²) in [5, 5.41) is 2.83. The molecule has 0 atom stereocenters. The molecule has 176 valence electrons. The highest BCUT2D eigenvalue weighted by Gasteiger charge is 2.25. The number of nitrogens with zero attached hydrogens (tertiary/aromatic N) is 1. The molecule has 1 aromatic heterocycles. The van der Waals surface area contributed by atoms with Crippen molar-refractivity contribution in [3.63, 3.8) is 0 Å². The first-order valence-corrected chi connectivity index (χ1v) is 12.2. The summed E-state index contributed by atoms with van der Waals surface area (Å²) in [4.78, 5) is 28.4. The zero-order valence-electron chi connectivity index (χ0n) is 19.3. The Hall–Kier alpha value is -3.17. The van der Waals surface area contributed by atoms with Gasteiger partial charge in [0.2, 0.25) is 5.43 Å². The molecule has 0 saturated heterocycles. The van der Waals surface area contributed by atoms with E-state index in [1.807, 2.05) is 39.0 Å². The van der Waals surface area contributed by atoms with Crippen LogP contribution in [0.3, 0.4) is 0 Å². The molecular formula is C24H29N3O5S. The quantitative estimate of drug-likeness (QED) is 0.466. The Balaban J connectivity index is 1.95. The maximum atomic E-state index is 13.4. The van der Waals surface area contributed by atoms with Crippen LogP contribution < -0.4 is 15.1 Å². The smallest absolute Gasteiger partial charge is 0.264 e. The van der Waals surface area contributed by atoms with Crippen molar-refractivity contribution in [3.8, 4) is 0 Å². The number of carbonyl (C=O) groups excluding carboxylic acids is 1. The van der Waals surface area contributed by atoms with Crippen molar-refractivity contribution in [2.24, 2.45) is 0 Å². The van der Waals surface area contributed by atoms with Gasteiger partial charge in [-0.25, -0.2) is 8.42 Å². The predicted octanol–water partition coefficient (Wildman–Crippen LogP) is 3.13. The number of anilines is 1. The molecule has 33 heavy (non-hydrogen) atoms. The molecule has 0 saturated carbocycles. The maximum absolute atomic E-state index is 13.4. The van der Waals surface area contributed by atoms with E-state index in [0.29, 0.717) is 37.4 Å². The highest BCUT2D eigenvalue weighted by Crippen LogP contribution is 2.29. The largest absolute Gasteiger partial charge is 0.382 e. The fourth-order valence-corrected chi connectivity index (χ4v) is 5.07. The molecule has 0 unspecified atom stereocenters. The number of fused-ring (bicyclic) bond motifs is 1. The fourth-order valence-electron chi connectivity index (χ4n) is 3.72. The Bertz CT molecular complexity index is 1310. The number of nitrogens with one attached hydrogen (secondary N) is 2. The van der Waals surface area contributed by atoms with E-state index < -0.39 is 21.4 Å². The van der Waals surface area contributed by atoms with Crippen molar-refractivity contribution in [2.45, 2.75) is 32.1 Å². The summed E-state index contributed by atoms with van der Waals surface area (Å²) in [6, 6.07) is 9.86. The zero-order valence-corrected chi connectivity index (χ0v) is 20.1. The molecule has 0 aliphatic heterocycles. The van der Waals surface area contributed by atoms with E-state index in [1.165, 1.54) is 35.7 Å². The van der Waals surface area contributed by atoms with Gasteiger partial charge in [-0.15, -0.1) is 0 Å².